The van der Waals surface area contributed by atoms with Gasteiger partial charge in [0.15, 0.2) is 0 Å². The Kier molecular flexibility index (Phi) is 3.60. The van der Waals surface area contributed by atoms with Crippen molar-refractivity contribution in [3.63, 3.8) is 0 Å². The molecule has 0 bridgehead atoms. The number of nitrogens with zero attached hydrogens (tertiary/aromatic N) is 2. The molecule has 0 atom stereocenters. The van der Waals surface area contributed by atoms with Crippen molar-refractivity contribution >= 4 is 22.5 Å². The van der Waals surface area contributed by atoms with Gasteiger partial charge in [0.05, 0.1) is 16.9 Å². The maximum atomic E-state index is 6.22. The summed E-state index contributed by atoms with van der Waals surface area (Å²) in [6, 6.07) is 16.4. The number of aromatic nitrogens is 2. The highest BCUT2D eigenvalue weighted by Crippen LogP contribution is 2.33. The zero-order valence-electron chi connectivity index (χ0n) is 12.3. The van der Waals surface area contributed by atoms with Crippen LogP contribution in [0.1, 0.15) is 24.5 Å². The molecule has 112 valence electrons. The van der Waals surface area contributed by atoms with Gasteiger partial charge >= 0.3 is 0 Å². The molecule has 1 aliphatic heterocycles. The highest BCUT2D eigenvalue weighted by atomic mass is 35.5. The highest BCUT2D eigenvalue weighted by molar-refractivity contribution is 6.31. The molecule has 2 aromatic carbocycles. The Hall–Kier alpha value is -1.84. The van der Waals surface area contributed by atoms with Crippen LogP contribution in [-0.2, 0) is 0 Å². The largest absolute Gasteiger partial charge is 0.317 e. The Morgan fingerprint density at radius 3 is 2.59 bits per heavy atom. The van der Waals surface area contributed by atoms with Crippen LogP contribution in [0.2, 0.25) is 5.02 Å². The lowest BCUT2D eigenvalue weighted by Gasteiger charge is -2.21. The Bertz CT molecular complexity index is 789. The summed E-state index contributed by atoms with van der Waals surface area (Å²) in [7, 11) is 0. The fourth-order valence-electron chi connectivity index (χ4n) is 3.28. The topological polar surface area (TPSA) is 29.9 Å². The zero-order chi connectivity index (χ0) is 14.9. The minimum Gasteiger partial charge on any atom is -0.317 e. The van der Waals surface area contributed by atoms with E-state index < -0.39 is 0 Å². The summed E-state index contributed by atoms with van der Waals surface area (Å²) in [5, 5.41) is 10.4. The van der Waals surface area contributed by atoms with E-state index in [9.17, 15) is 0 Å². The lowest BCUT2D eigenvalue weighted by Crippen LogP contribution is -2.26. The van der Waals surface area contributed by atoms with E-state index in [0.29, 0.717) is 5.92 Å². The first kappa shape index (κ1) is 13.8. The molecule has 0 radical (unpaired) electrons. The van der Waals surface area contributed by atoms with Crippen LogP contribution < -0.4 is 5.32 Å². The van der Waals surface area contributed by atoms with Crippen LogP contribution in [0.25, 0.3) is 16.6 Å². The number of piperidine rings is 1. The summed E-state index contributed by atoms with van der Waals surface area (Å²) in [5.41, 5.74) is 3.37. The lowest BCUT2D eigenvalue weighted by molar-refractivity contribution is 0.453. The molecule has 3 nitrogen and oxygen atoms in total. The van der Waals surface area contributed by atoms with Crippen LogP contribution in [0.3, 0.4) is 0 Å². The summed E-state index contributed by atoms with van der Waals surface area (Å²) in [4.78, 5) is 0. The summed E-state index contributed by atoms with van der Waals surface area (Å²) in [6.07, 6.45) is 2.28. The van der Waals surface area contributed by atoms with Crippen molar-refractivity contribution in [2.75, 3.05) is 13.1 Å². The molecule has 1 aromatic heterocycles. The second-order valence-electron chi connectivity index (χ2n) is 5.82. The van der Waals surface area contributed by atoms with Crippen LogP contribution in [0.5, 0.6) is 0 Å². The van der Waals surface area contributed by atoms with E-state index in [0.717, 1.165) is 42.2 Å². The number of para-hydroxylation sites is 1. The summed E-state index contributed by atoms with van der Waals surface area (Å²) >= 11 is 6.22. The Morgan fingerprint density at radius 1 is 1.05 bits per heavy atom. The van der Waals surface area contributed by atoms with Gasteiger partial charge in [-0.15, -0.1) is 0 Å². The molecular weight excluding hydrogens is 294 g/mol. The number of halogens is 1. The quantitative estimate of drug-likeness (QED) is 0.770. The third kappa shape index (κ3) is 2.40. The normalized spacial score (nSPS) is 16.2. The van der Waals surface area contributed by atoms with Gasteiger partial charge in [-0.05, 0) is 56.3 Å². The van der Waals surface area contributed by atoms with E-state index in [2.05, 4.69) is 23.5 Å². The Labute approximate surface area is 134 Å². The van der Waals surface area contributed by atoms with Gasteiger partial charge in [-0.3, -0.25) is 0 Å². The molecule has 1 fully saturated rings. The number of benzene rings is 2. The van der Waals surface area contributed by atoms with E-state index in [4.69, 9.17) is 16.7 Å². The second-order valence-corrected chi connectivity index (χ2v) is 6.25. The van der Waals surface area contributed by atoms with Crippen molar-refractivity contribution in [1.29, 1.82) is 0 Å². The monoisotopic (exact) mass is 311 g/mol. The van der Waals surface area contributed by atoms with Crippen molar-refractivity contribution in [1.82, 2.24) is 15.1 Å². The van der Waals surface area contributed by atoms with Gasteiger partial charge in [-0.1, -0.05) is 29.8 Å². The Balaban J connectivity index is 1.91. The molecule has 0 spiro atoms. The van der Waals surface area contributed by atoms with Gasteiger partial charge in [0, 0.05) is 16.3 Å². The Morgan fingerprint density at radius 2 is 1.82 bits per heavy atom. The average Bonchev–Trinajstić information content (AvgIpc) is 2.95. The van der Waals surface area contributed by atoms with Crippen LogP contribution in [0.15, 0.2) is 48.5 Å². The smallest absolute Gasteiger partial charge is 0.0758 e. The zero-order valence-corrected chi connectivity index (χ0v) is 13.1. The van der Waals surface area contributed by atoms with Crippen molar-refractivity contribution in [2.24, 2.45) is 0 Å². The molecular formula is C18H18ClN3. The van der Waals surface area contributed by atoms with Gasteiger partial charge in [-0.2, -0.15) is 5.10 Å². The standard InChI is InChI=1S/C18H18ClN3/c19-14-6-7-16-17(12-14)22(15-4-2-1-3-5-15)21-18(16)13-8-10-20-11-9-13/h1-7,12-13,20H,8-11H2. The van der Waals surface area contributed by atoms with Crippen LogP contribution in [0.4, 0.5) is 0 Å². The maximum Gasteiger partial charge on any atom is 0.0758 e. The first-order valence-electron chi connectivity index (χ1n) is 7.77. The highest BCUT2D eigenvalue weighted by Gasteiger charge is 2.22. The number of fused-ring (bicyclic) bond motifs is 1. The third-order valence-electron chi connectivity index (χ3n) is 4.40. The molecule has 0 aliphatic carbocycles. The minimum atomic E-state index is 0.523. The van der Waals surface area contributed by atoms with Crippen molar-refractivity contribution in [2.45, 2.75) is 18.8 Å². The number of hydrogen-bond acceptors (Lipinski definition) is 2. The molecule has 0 saturated carbocycles. The molecule has 1 saturated heterocycles. The summed E-state index contributed by atoms with van der Waals surface area (Å²) in [5.74, 6) is 0.523. The van der Waals surface area contributed by atoms with Gasteiger partial charge in [0.25, 0.3) is 0 Å². The minimum absolute atomic E-state index is 0.523. The first-order chi connectivity index (χ1) is 10.8. The summed E-state index contributed by atoms with van der Waals surface area (Å²) < 4.78 is 2.03. The summed E-state index contributed by atoms with van der Waals surface area (Å²) in [6.45, 7) is 2.13. The number of hydrogen-bond donors (Lipinski definition) is 1. The van der Waals surface area contributed by atoms with Crippen molar-refractivity contribution in [3.8, 4) is 5.69 Å². The fraction of sp³-hybridized carbons (Fsp3) is 0.278. The van der Waals surface area contributed by atoms with Gasteiger partial charge in [0.1, 0.15) is 0 Å². The second kappa shape index (κ2) is 5.75. The van der Waals surface area contributed by atoms with E-state index in [1.165, 1.54) is 11.1 Å². The predicted molar refractivity (Wildman–Crippen MR) is 90.9 cm³/mol. The fourth-order valence-corrected chi connectivity index (χ4v) is 3.44. The molecule has 1 N–H and O–H groups in total. The van der Waals surface area contributed by atoms with Crippen molar-refractivity contribution < 1.29 is 0 Å². The number of rotatable bonds is 2. The number of nitrogens with one attached hydrogen (secondary N) is 1. The van der Waals surface area contributed by atoms with Crippen LogP contribution in [0, 0.1) is 0 Å². The van der Waals surface area contributed by atoms with E-state index in [-0.39, 0.29) is 0 Å². The third-order valence-corrected chi connectivity index (χ3v) is 4.63. The van der Waals surface area contributed by atoms with E-state index in [1.807, 2.05) is 35.0 Å². The van der Waals surface area contributed by atoms with Crippen LogP contribution >= 0.6 is 11.6 Å². The van der Waals surface area contributed by atoms with E-state index >= 15 is 0 Å². The van der Waals surface area contributed by atoms with Crippen LogP contribution in [-0.4, -0.2) is 22.9 Å². The first-order valence-corrected chi connectivity index (χ1v) is 8.15. The SMILES string of the molecule is Clc1ccc2c(C3CCNCC3)nn(-c3ccccc3)c2c1. The molecule has 2 heterocycles. The lowest BCUT2D eigenvalue weighted by atomic mass is 9.93. The van der Waals surface area contributed by atoms with Gasteiger partial charge in [-0.25, -0.2) is 4.68 Å². The molecule has 4 heteroatoms. The van der Waals surface area contributed by atoms with Crippen molar-refractivity contribution in [3.05, 3.63) is 59.2 Å². The molecule has 1 aliphatic rings. The van der Waals surface area contributed by atoms with Gasteiger partial charge in [0.2, 0.25) is 0 Å². The molecule has 0 amide bonds. The van der Waals surface area contributed by atoms with E-state index in [1.54, 1.807) is 0 Å². The molecule has 0 unspecified atom stereocenters. The molecule has 3 aromatic rings. The average molecular weight is 312 g/mol. The van der Waals surface area contributed by atoms with Gasteiger partial charge < -0.3 is 5.32 Å². The maximum absolute atomic E-state index is 6.22. The predicted octanol–water partition coefficient (Wildman–Crippen LogP) is 4.15. The molecule has 22 heavy (non-hydrogen) atoms. The molecule has 4 rings (SSSR count).